The minimum Gasteiger partial charge on any atom is -0.229 e. The number of hydrogen-bond donors (Lipinski definition) is 0. The molecule has 0 saturated carbocycles. The Morgan fingerprint density at radius 3 is 2.81 bits per heavy atom. The van der Waals surface area contributed by atoms with Gasteiger partial charge in [-0.05, 0) is 40.9 Å². The van der Waals surface area contributed by atoms with E-state index in [0.29, 0.717) is 0 Å². The fourth-order valence-electron chi connectivity index (χ4n) is 1.59. The summed E-state index contributed by atoms with van der Waals surface area (Å²) >= 11 is 11.3. The molecule has 2 rings (SSSR count). The van der Waals surface area contributed by atoms with Crippen LogP contribution in [0.5, 0.6) is 0 Å². The molecule has 2 aromatic rings. The Morgan fingerprint density at radius 2 is 2.19 bits per heavy atom. The van der Waals surface area contributed by atoms with E-state index in [9.17, 15) is 0 Å². The summed E-state index contributed by atoms with van der Waals surface area (Å²) < 4.78 is 0.913. The average molecular weight is 317 g/mol. The maximum Gasteiger partial charge on any atom is 0.160 e. The molecule has 1 heterocycles. The van der Waals surface area contributed by atoms with Gasteiger partial charge in [0, 0.05) is 10.4 Å². The van der Waals surface area contributed by atoms with Crippen LogP contribution in [-0.4, -0.2) is 4.98 Å². The van der Waals surface area contributed by atoms with Crippen molar-refractivity contribution in [2.45, 2.75) is 20.3 Å². The Kier molecular flexibility index (Phi) is 3.67. The van der Waals surface area contributed by atoms with E-state index in [1.807, 2.05) is 19.1 Å². The van der Waals surface area contributed by atoms with E-state index < -0.39 is 0 Å². The number of benzene rings is 1. The Hall–Kier alpha value is -0.380. The van der Waals surface area contributed by atoms with Gasteiger partial charge in [0.05, 0.1) is 10.7 Å². The summed E-state index contributed by atoms with van der Waals surface area (Å²) in [6.07, 6.45) is 0.975. The van der Waals surface area contributed by atoms with Crippen molar-refractivity contribution in [2.75, 3.05) is 0 Å². The first-order valence-electron chi connectivity index (χ1n) is 5.03. The summed E-state index contributed by atoms with van der Waals surface area (Å²) in [5.41, 5.74) is 3.19. The molecule has 0 radical (unpaired) electrons. The molecule has 84 valence electrons. The van der Waals surface area contributed by atoms with Gasteiger partial charge in [-0.15, -0.1) is 11.3 Å². The second kappa shape index (κ2) is 4.86. The number of aromatic nitrogens is 1. The minimum atomic E-state index is 0.771. The molecular formula is C12H11BrClNS. The van der Waals surface area contributed by atoms with Gasteiger partial charge in [0.1, 0.15) is 0 Å². The van der Waals surface area contributed by atoms with Crippen molar-refractivity contribution in [3.05, 3.63) is 37.6 Å². The Balaban J connectivity index is 2.57. The van der Waals surface area contributed by atoms with Crippen molar-refractivity contribution in [3.63, 3.8) is 0 Å². The third kappa shape index (κ3) is 2.31. The van der Waals surface area contributed by atoms with Gasteiger partial charge in [-0.25, -0.2) is 4.98 Å². The van der Waals surface area contributed by atoms with Crippen LogP contribution < -0.4 is 0 Å². The molecule has 0 aliphatic heterocycles. The zero-order valence-electron chi connectivity index (χ0n) is 9.05. The highest BCUT2D eigenvalue weighted by atomic mass is 79.9. The average Bonchev–Trinajstić information content (AvgIpc) is 2.59. The molecule has 1 nitrogen and oxygen atoms in total. The molecule has 0 unspecified atom stereocenters. The normalized spacial score (nSPS) is 10.8. The van der Waals surface area contributed by atoms with E-state index in [1.54, 1.807) is 11.3 Å². The largest absolute Gasteiger partial charge is 0.229 e. The van der Waals surface area contributed by atoms with Crippen LogP contribution >= 0.6 is 38.9 Å². The van der Waals surface area contributed by atoms with Crippen LogP contribution in [0.4, 0.5) is 0 Å². The molecule has 1 aromatic carbocycles. The van der Waals surface area contributed by atoms with Crippen molar-refractivity contribution < 1.29 is 0 Å². The minimum absolute atomic E-state index is 0.771. The summed E-state index contributed by atoms with van der Waals surface area (Å²) in [4.78, 5) is 5.75. The van der Waals surface area contributed by atoms with Crippen LogP contribution in [-0.2, 0) is 6.42 Å². The van der Waals surface area contributed by atoms with E-state index in [-0.39, 0.29) is 0 Å². The number of halogens is 2. The molecule has 0 amide bonds. The third-order valence-electron chi connectivity index (χ3n) is 2.37. The molecule has 0 fully saturated rings. The first-order chi connectivity index (χ1) is 7.61. The topological polar surface area (TPSA) is 12.9 Å². The maximum atomic E-state index is 6.25. The molecule has 0 bridgehead atoms. The van der Waals surface area contributed by atoms with Crippen molar-refractivity contribution in [1.29, 1.82) is 0 Å². The standard InChI is InChI=1S/C12H11BrClNS/c1-3-10-11(15-12(13)16-10)8-5-4-7(2)6-9(8)14/h4-6H,3H2,1-2H3. The van der Waals surface area contributed by atoms with Gasteiger partial charge >= 0.3 is 0 Å². The van der Waals surface area contributed by atoms with Crippen LogP contribution in [0, 0.1) is 6.92 Å². The highest BCUT2D eigenvalue weighted by Gasteiger charge is 2.13. The predicted molar refractivity (Wildman–Crippen MR) is 74.4 cm³/mol. The molecule has 1 aromatic heterocycles. The van der Waals surface area contributed by atoms with Crippen LogP contribution in [0.3, 0.4) is 0 Å². The first kappa shape index (κ1) is 12.1. The van der Waals surface area contributed by atoms with Crippen molar-refractivity contribution in [1.82, 2.24) is 4.98 Å². The van der Waals surface area contributed by atoms with Gasteiger partial charge in [-0.2, -0.15) is 0 Å². The molecule has 0 saturated heterocycles. The van der Waals surface area contributed by atoms with Gasteiger partial charge in [0.25, 0.3) is 0 Å². The molecule has 16 heavy (non-hydrogen) atoms. The molecular weight excluding hydrogens is 306 g/mol. The third-order valence-corrected chi connectivity index (χ3v) is 4.34. The lowest BCUT2D eigenvalue weighted by Crippen LogP contribution is -1.85. The SMILES string of the molecule is CCc1sc(Br)nc1-c1ccc(C)cc1Cl. The summed E-state index contributed by atoms with van der Waals surface area (Å²) in [6, 6.07) is 6.08. The fourth-order valence-corrected chi connectivity index (χ4v) is 3.41. The highest BCUT2D eigenvalue weighted by molar-refractivity contribution is 9.11. The Labute approximate surface area is 113 Å². The van der Waals surface area contributed by atoms with E-state index >= 15 is 0 Å². The fraction of sp³-hybridized carbons (Fsp3) is 0.250. The molecule has 0 atom stereocenters. The molecule has 4 heteroatoms. The monoisotopic (exact) mass is 315 g/mol. The van der Waals surface area contributed by atoms with E-state index in [1.165, 1.54) is 10.4 Å². The quantitative estimate of drug-likeness (QED) is 0.751. The lowest BCUT2D eigenvalue weighted by Gasteiger charge is -2.04. The lowest BCUT2D eigenvalue weighted by atomic mass is 10.1. The van der Waals surface area contributed by atoms with E-state index in [4.69, 9.17) is 11.6 Å². The predicted octanol–water partition coefficient (Wildman–Crippen LogP) is 5.10. The Morgan fingerprint density at radius 1 is 1.44 bits per heavy atom. The van der Waals surface area contributed by atoms with Gasteiger partial charge in [0.2, 0.25) is 0 Å². The van der Waals surface area contributed by atoms with Gasteiger partial charge < -0.3 is 0 Å². The summed E-state index contributed by atoms with van der Waals surface area (Å²) in [5, 5.41) is 0.771. The smallest absolute Gasteiger partial charge is 0.160 e. The Bertz CT molecular complexity index is 522. The summed E-state index contributed by atoms with van der Waals surface area (Å²) in [7, 11) is 0. The second-order valence-electron chi connectivity index (χ2n) is 3.58. The number of hydrogen-bond acceptors (Lipinski definition) is 2. The molecule has 0 aliphatic carbocycles. The summed E-state index contributed by atoms with van der Waals surface area (Å²) in [6.45, 7) is 4.17. The first-order valence-corrected chi connectivity index (χ1v) is 7.02. The number of nitrogens with zero attached hydrogens (tertiary/aromatic N) is 1. The maximum absolute atomic E-state index is 6.25. The number of rotatable bonds is 2. The zero-order chi connectivity index (χ0) is 11.7. The zero-order valence-corrected chi connectivity index (χ0v) is 12.2. The van der Waals surface area contributed by atoms with Crippen molar-refractivity contribution in [3.8, 4) is 11.3 Å². The lowest BCUT2D eigenvalue weighted by molar-refractivity contribution is 1.17. The van der Waals surface area contributed by atoms with Gasteiger partial charge in [-0.1, -0.05) is 30.7 Å². The van der Waals surface area contributed by atoms with Crippen LogP contribution in [0.15, 0.2) is 22.1 Å². The molecule has 0 aliphatic rings. The highest BCUT2D eigenvalue weighted by Crippen LogP contribution is 2.35. The molecule has 0 spiro atoms. The van der Waals surface area contributed by atoms with Crippen LogP contribution in [0.25, 0.3) is 11.3 Å². The summed E-state index contributed by atoms with van der Waals surface area (Å²) in [5.74, 6) is 0. The van der Waals surface area contributed by atoms with Crippen LogP contribution in [0.1, 0.15) is 17.4 Å². The van der Waals surface area contributed by atoms with E-state index in [0.717, 1.165) is 26.6 Å². The van der Waals surface area contributed by atoms with Crippen LogP contribution in [0.2, 0.25) is 5.02 Å². The number of thiazole rings is 1. The van der Waals surface area contributed by atoms with Gasteiger partial charge in [0.15, 0.2) is 3.92 Å². The second-order valence-corrected chi connectivity index (χ2v) is 6.34. The molecule has 0 N–H and O–H groups in total. The van der Waals surface area contributed by atoms with Crippen molar-refractivity contribution in [2.24, 2.45) is 0 Å². The van der Waals surface area contributed by atoms with Gasteiger partial charge in [-0.3, -0.25) is 0 Å². The number of aryl methyl sites for hydroxylation is 2. The van der Waals surface area contributed by atoms with Crippen molar-refractivity contribution >= 4 is 38.9 Å². The van der Waals surface area contributed by atoms with E-state index in [2.05, 4.69) is 33.9 Å².